The zero-order valence-electron chi connectivity index (χ0n) is 18.0. The van der Waals surface area contributed by atoms with Gasteiger partial charge in [0.05, 0.1) is 7.11 Å². The summed E-state index contributed by atoms with van der Waals surface area (Å²) in [6, 6.07) is 22.2. The molecule has 0 fully saturated rings. The summed E-state index contributed by atoms with van der Waals surface area (Å²) >= 11 is 0. The third-order valence-corrected chi connectivity index (χ3v) is 4.91. The van der Waals surface area contributed by atoms with Gasteiger partial charge in [0.1, 0.15) is 25.4 Å². The first-order valence-electron chi connectivity index (χ1n) is 10.4. The summed E-state index contributed by atoms with van der Waals surface area (Å²) in [4.78, 5) is 13.6. The molecule has 1 unspecified atom stereocenters. The van der Waals surface area contributed by atoms with E-state index in [-0.39, 0.29) is 5.91 Å². The van der Waals surface area contributed by atoms with Gasteiger partial charge in [0.15, 0.2) is 11.5 Å². The quantitative estimate of drug-likeness (QED) is 0.541. The van der Waals surface area contributed by atoms with Gasteiger partial charge in [-0.25, -0.2) is 0 Å². The third-order valence-electron chi connectivity index (χ3n) is 4.91. The number of carbonyl (C=O) groups is 1. The summed E-state index contributed by atoms with van der Waals surface area (Å²) < 4.78 is 11.4. The molecular weight excluding hydrogens is 376 g/mol. The topological polar surface area (TPSA) is 55.9 Å². The zero-order valence-corrected chi connectivity index (χ0v) is 18.0. The van der Waals surface area contributed by atoms with Gasteiger partial charge < -0.3 is 19.4 Å². The van der Waals surface area contributed by atoms with Gasteiger partial charge in [-0.1, -0.05) is 56.3 Å². The van der Waals surface area contributed by atoms with Gasteiger partial charge in [-0.05, 0) is 30.2 Å². The molecule has 3 rings (SSSR count). The molecule has 0 aliphatic rings. The van der Waals surface area contributed by atoms with Crippen molar-refractivity contribution in [3.63, 3.8) is 0 Å². The summed E-state index contributed by atoms with van der Waals surface area (Å²) in [5.74, 6) is 2.28. The molecule has 0 saturated heterocycles. The molecule has 1 atom stereocenters. The summed E-state index contributed by atoms with van der Waals surface area (Å²) in [6.45, 7) is 7.06. The van der Waals surface area contributed by atoms with Crippen LogP contribution in [0.25, 0.3) is 0 Å². The van der Waals surface area contributed by atoms with Gasteiger partial charge in [0.2, 0.25) is 0 Å². The standard InChI is InChI=1S/C25H30N2O3/c1-19(2)15-26-25(28)24-14-13-22(30-24)18-27(16-20-9-5-4-6-10-20)17-21-11-7-8-12-23(21)29-3/h4-14,19H,15-18H2,1-3H3,(H,26,28)/p+1. The third kappa shape index (κ3) is 6.22. The average molecular weight is 408 g/mol. The Bertz CT molecular complexity index is 934. The van der Waals surface area contributed by atoms with E-state index in [1.165, 1.54) is 10.5 Å². The van der Waals surface area contributed by atoms with Crippen LogP contribution in [0.15, 0.2) is 71.1 Å². The molecule has 3 aromatic rings. The van der Waals surface area contributed by atoms with E-state index in [2.05, 4.69) is 49.5 Å². The first-order chi connectivity index (χ1) is 14.5. The molecule has 0 saturated carbocycles. The summed E-state index contributed by atoms with van der Waals surface area (Å²) in [7, 11) is 1.70. The molecule has 0 aliphatic carbocycles. The van der Waals surface area contributed by atoms with Crippen LogP contribution in [0.3, 0.4) is 0 Å². The van der Waals surface area contributed by atoms with E-state index in [1.807, 2.05) is 30.3 Å². The number of methoxy groups -OCH3 is 1. The molecule has 0 spiro atoms. The summed E-state index contributed by atoms with van der Waals surface area (Å²) in [5.41, 5.74) is 2.40. The monoisotopic (exact) mass is 407 g/mol. The molecule has 1 heterocycles. The van der Waals surface area contributed by atoms with E-state index < -0.39 is 0 Å². The van der Waals surface area contributed by atoms with Gasteiger partial charge in [0.25, 0.3) is 5.91 Å². The minimum Gasteiger partial charge on any atom is -0.496 e. The predicted molar refractivity (Wildman–Crippen MR) is 117 cm³/mol. The number of rotatable bonds is 10. The largest absolute Gasteiger partial charge is 0.496 e. The van der Waals surface area contributed by atoms with Crippen LogP contribution in [0.4, 0.5) is 0 Å². The Balaban J connectivity index is 1.75. The molecule has 0 aliphatic heterocycles. The number of ether oxygens (including phenoxy) is 1. The van der Waals surface area contributed by atoms with E-state index in [9.17, 15) is 4.79 Å². The van der Waals surface area contributed by atoms with E-state index in [1.54, 1.807) is 13.2 Å². The fraction of sp³-hybridized carbons (Fsp3) is 0.320. The second-order valence-electron chi connectivity index (χ2n) is 7.95. The smallest absolute Gasteiger partial charge is 0.287 e. The van der Waals surface area contributed by atoms with E-state index in [0.29, 0.717) is 24.8 Å². The number of quaternary nitrogens is 1. The number of hydrogen-bond acceptors (Lipinski definition) is 3. The molecular formula is C25H31N2O3+. The molecule has 2 N–H and O–H groups in total. The van der Waals surface area contributed by atoms with Crippen LogP contribution in [0.5, 0.6) is 5.75 Å². The van der Waals surface area contributed by atoms with Crippen molar-refractivity contribution in [1.29, 1.82) is 0 Å². The second-order valence-corrected chi connectivity index (χ2v) is 7.95. The van der Waals surface area contributed by atoms with Crippen molar-refractivity contribution in [2.45, 2.75) is 33.5 Å². The van der Waals surface area contributed by atoms with Gasteiger partial charge in [-0.2, -0.15) is 0 Å². The number of carbonyl (C=O) groups excluding carboxylic acids is 1. The number of nitrogens with one attached hydrogen (secondary N) is 2. The lowest BCUT2D eigenvalue weighted by molar-refractivity contribution is -0.942. The normalized spacial score (nSPS) is 12.0. The Morgan fingerprint density at radius 1 is 0.967 bits per heavy atom. The van der Waals surface area contributed by atoms with Gasteiger partial charge >= 0.3 is 0 Å². The van der Waals surface area contributed by atoms with Crippen LogP contribution in [-0.2, 0) is 19.6 Å². The van der Waals surface area contributed by atoms with Crippen LogP contribution in [0, 0.1) is 5.92 Å². The number of amides is 1. The SMILES string of the molecule is COc1ccccc1C[NH+](Cc1ccccc1)Cc1ccc(C(=O)NCC(C)C)o1. The van der Waals surface area contributed by atoms with Crippen LogP contribution >= 0.6 is 0 Å². The lowest BCUT2D eigenvalue weighted by Gasteiger charge is -2.20. The number of hydrogen-bond donors (Lipinski definition) is 2. The lowest BCUT2D eigenvalue weighted by atomic mass is 10.1. The highest BCUT2D eigenvalue weighted by Gasteiger charge is 2.18. The van der Waals surface area contributed by atoms with Crippen molar-refractivity contribution in [2.75, 3.05) is 13.7 Å². The number of para-hydroxylation sites is 1. The van der Waals surface area contributed by atoms with Crippen molar-refractivity contribution in [1.82, 2.24) is 5.32 Å². The first-order valence-corrected chi connectivity index (χ1v) is 10.4. The maximum Gasteiger partial charge on any atom is 0.287 e. The van der Waals surface area contributed by atoms with Crippen molar-refractivity contribution in [3.05, 3.63) is 89.4 Å². The Morgan fingerprint density at radius 2 is 1.70 bits per heavy atom. The highest BCUT2D eigenvalue weighted by molar-refractivity contribution is 5.91. The molecule has 0 bridgehead atoms. The molecule has 158 valence electrons. The van der Waals surface area contributed by atoms with E-state index in [0.717, 1.165) is 30.2 Å². The van der Waals surface area contributed by atoms with E-state index >= 15 is 0 Å². The maximum absolute atomic E-state index is 12.3. The Labute approximate surface area is 178 Å². The highest BCUT2D eigenvalue weighted by Crippen LogP contribution is 2.16. The van der Waals surface area contributed by atoms with Gasteiger partial charge in [0, 0.05) is 17.7 Å². The van der Waals surface area contributed by atoms with Crippen LogP contribution in [0.1, 0.15) is 41.3 Å². The lowest BCUT2D eigenvalue weighted by Crippen LogP contribution is -3.08. The second kappa shape index (κ2) is 10.6. The van der Waals surface area contributed by atoms with Crippen LogP contribution in [-0.4, -0.2) is 19.6 Å². The highest BCUT2D eigenvalue weighted by atomic mass is 16.5. The average Bonchev–Trinajstić information content (AvgIpc) is 3.21. The number of benzene rings is 2. The Morgan fingerprint density at radius 3 is 2.43 bits per heavy atom. The van der Waals surface area contributed by atoms with Crippen molar-refractivity contribution in [3.8, 4) is 5.75 Å². The summed E-state index contributed by atoms with van der Waals surface area (Å²) in [6.07, 6.45) is 0. The van der Waals surface area contributed by atoms with E-state index in [4.69, 9.17) is 9.15 Å². The van der Waals surface area contributed by atoms with Crippen molar-refractivity contribution in [2.24, 2.45) is 5.92 Å². The molecule has 1 aromatic heterocycles. The zero-order chi connectivity index (χ0) is 21.3. The fourth-order valence-electron chi connectivity index (χ4n) is 3.42. The van der Waals surface area contributed by atoms with Crippen molar-refractivity contribution < 1.29 is 18.8 Å². The molecule has 5 heteroatoms. The van der Waals surface area contributed by atoms with Gasteiger partial charge in [-0.3, -0.25) is 4.79 Å². The Hall–Kier alpha value is -3.05. The number of furan rings is 1. The minimum atomic E-state index is -0.163. The maximum atomic E-state index is 12.3. The first kappa shape index (κ1) is 21.7. The fourth-order valence-corrected chi connectivity index (χ4v) is 3.42. The van der Waals surface area contributed by atoms with Crippen LogP contribution in [0.2, 0.25) is 0 Å². The molecule has 5 nitrogen and oxygen atoms in total. The summed E-state index contributed by atoms with van der Waals surface area (Å²) in [5, 5.41) is 2.90. The molecule has 30 heavy (non-hydrogen) atoms. The predicted octanol–water partition coefficient (Wildman–Crippen LogP) is 3.46. The Kier molecular flexibility index (Phi) is 7.69. The van der Waals surface area contributed by atoms with Crippen molar-refractivity contribution >= 4 is 5.91 Å². The van der Waals surface area contributed by atoms with Crippen LogP contribution < -0.4 is 15.0 Å². The minimum absolute atomic E-state index is 0.163. The van der Waals surface area contributed by atoms with Gasteiger partial charge in [-0.15, -0.1) is 0 Å². The molecule has 2 aromatic carbocycles. The molecule has 0 radical (unpaired) electrons. The molecule has 1 amide bonds.